The van der Waals surface area contributed by atoms with Gasteiger partial charge < -0.3 is 4.98 Å². The van der Waals surface area contributed by atoms with Gasteiger partial charge in [-0.05, 0) is 49.6 Å². The number of hydrogen-bond acceptors (Lipinski definition) is 0. The van der Waals surface area contributed by atoms with Crippen LogP contribution in [0.5, 0.6) is 0 Å². The number of aromatic nitrogens is 1. The Morgan fingerprint density at radius 1 is 0.773 bits per heavy atom. The standard InChI is InChI=1S/C21H27N/c1-3-4-5-6-7-8-9-17-11-13-21-19(15-17)18-14-16(2)10-12-20(18)22-21/h10-15,22H,3-9H2,1-2H3. The second-order valence-electron chi connectivity index (χ2n) is 6.57. The fourth-order valence-electron chi connectivity index (χ4n) is 3.32. The van der Waals surface area contributed by atoms with Crippen molar-refractivity contribution in [3.8, 4) is 0 Å². The fraction of sp³-hybridized carbons (Fsp3) is 0.429. The highest BCUT2D eigenvalue weighted by atomic mass is 14.7. The maximum Gasteiger partial charge on any atom is 0.0465 e. The molecule has 1 aromatic heterocycles. The topological polar surface area (TPSA) is 15.8 Å². The van der Waals surface area contributed by atoms with E-state index in [4.69, 9.17) is 0 Å². The van der Waals surface area contributed by atoms with Gasteiger partial charge in [0.25, 0.3) is 0 Å². The van der Waals surface area contributed by atoms with Crippen LogP contribution >= 0.6 is 0 Å². The first kappa shape index (κ1) is 15.1. The second kappa shape index (κ2) is 7.00. The summed E-state index contributed by atoms with van der Waals surface area (Å²) in [5.41, 5.74) is 5.31. The molecule has 2 aromatic carbocycles. The minimum absolute atomic E-state index is 1.21. The molecule has 3 aromatic rings. The Labute approximate surface area is 133 Å². The molecule has 0 atom stereocenters. The van der Waals surface area contributed by atoms with Crippen molar-refractivity contribution >= 4 is 21.8 Å². The molecule has 1 nitrogen and oxygen atoms in total. The highest BCUT2D eigenvalue weighted by molar-refractivity contribution is 6.07. The van der Waals surface area contributed by atoms with Crippen molar-refractivity contribution in [2.45, 2.75) is 58.8 Å². The number of H-pyrrole nitrogens is 1. The van der Waals surface area contributed by atoms with E-state index in [-0.39, 0.29) is 0 Å². The Balaban J connectivity index is 1.72. The normalized spacial score (nSPS) is 11.5. The molecule has 0 aliphatic heterocycles. The van der Waals surface area contributed by atoms with E-state index in [1.807, 2.05) is 0 Å². The number of aromatic amines is 1. The van der Waals surface area contributed by atoms with Gasteiger partial charge in [0.05, 0.1) is 0 Å². The van der Waals surface area contributed by atoms with Crippen molar-refractivity contribution in [2.24, 2.45) is 0 Å². The number of hydrogen-bond donors (Lipinski definition) is 1. The monoisotopic (exact) mass is 293 g/mol. The average molecular weight is 293 g/mol. The number of rotatable bonds is 7. The number of aryl methyl sites for hydroxylation is 2. The Morgan fingerprint density at radius 3 is 2.27 bits per heavy atom. The fourth-order valence-corrected chi connectivity index (χ4v) is 3.32. The average Bonchev–Trinajstić information content (AvgIpc) is 2.88. The molecule has 1 heteroatoms. The van der Waals surface area contributed by atoms with Gasteiger partial charge in [-0.15, -0.1) is 0 Å². The number of nitrogens with one attached hydrogen (secondary N) is 1. The molecule has 22 heavy (non-hydrogen) atoms. The number of fused-ring (bicyclic) bond motifs is 3. The summed E-state index contributed by atoms with van der Waals surface area (Å²) < 4.78 is 0. The summed E-state index contributed by atoms with van der Waals surface area (Å²) in [4.78, 5) is 3.52. The number of benzene rings is 2. The van der Waals surface area contributed by atoms with Gasteiger partial charge >= 0.3 is 0 Å². The lowest BCUT2D eigenvalue weighted by atomic mass is 10.0. The Hall–Kier alpha value is -1.76. The van der Waals surface area contributed by atoms with Crippen LogP contribution < -0.4 is 0 Å². The van der Waals surface area contributed by atoms with E-state index in [1.54, 1.807) is 0 Å². The highest BCUT2D eigenvalue weighted by Gasteiger charge is 2.05. The molecule has 0 saturated heterocycles. The largest absolute Gasteiger partial charge is 0.355 e. The predicted molar refractivity (Wildman–Crippen MR) is 97.6 cm³/mol. The van der Waals surface area contributed by atoms with Gasteiger partial charge in [-0.25, -0.2) is 0 Å². The van der Waals surface area contributed by atoms with Crippen LogP contribution in [0.15, 0.2) is 36.4 Å². The van der Waals surface area contributed by atoms with Crippen LogP contribution in [0.4, 0.5) is 0 Å². The summed E-state index contributed by atoms with van der Waals surface area (Å²) >= 11 is 0. The third-order valence-electron chi connectivity index (χ3n) is 4.64. The zero-order valence-corrected chi connectivity index (χ0v) is 13.9. The third-order valence-corrected chi connectivity index (χ3v) is 4.64. The van der Waals surface area contributed by atoms with Gasteiger partial charge in [0.15, 0.2) is 0 Å². The molecule has 0 spiro atoms. The van der Waals surface area contributed by atoms with E-state index in [0.717, 1.165) is 0 Å². The lowest BCUT2D eigenvalue weighted by Gasteiger charge is -2.03. The predicted octanol–water partition coefficient (Wildman–Crippen LogP) is 6.53. The minimum Gasteiger partial charge on any atom is -0.355 e. The van der Waals surface area contributed by atoms with Crippen LogP contribution in [-0.4, -0.2) is 4.98 Å². The summed E-state index contributed by atoms with van der Waals surface area (Å²) in [7, 11) is 0. The van der Waals surface area contributed by atoms with E-state index >= 15 is 0 Å². The quantitative estimate of drug-likeness (QED) is 0.476. The van der Waals surface area contributed by atoms with E-state index in [9.17, 15) is 0 Å². The molecule has 0 radical (unpaired) electrons. The van der Waals surface area contributed by atoms with Crippen molar-refractivity contribution in [1.82, 2.24) is 4.98 Å². The maximum absolute atomic E-state index is 3.52. The Bertz CT molecular complexity index is 751. The lowest BCUT2D eigenvalue weighted by molar-refractivity contribution is 0.607. The van der Waals surface area contributed by atoms with Gasteiger partial charge in [0, 0.05) is 21.8 Å². The van der Waals surface area contributed by atoms with Crippen LogP contribution in [0.1, 0.15) is 56.6 Å². The van der Waals surface area contributed by atoms with E-state index in [2.05, 4.69) is 55.2 Å². The van der Waals surface area contributed by atoms with Gasteiger partial charge in [0.1, 0.15) is 0 Å². The first-order valence-electron chi connectivity index (χ1n) is 8.79. The molecular formula is C21H27N. The van der Waals surface area contributed by atoms with Crippen molar-refractivity contribution in [1.29, 1.82) is 0 Å². The Morgan fingerprint density at radius 2 is 1.45 bits per heavy atom. The molecule has 1 heterocycles. The second-order valence-corrected chi connectivity index (χ2v) is 6.57. The zero-order valence-electron chi connectivity index (χ0n) is 13.9. The summed E-state index contributed by atoms with van der Waals surface area (Å²) in [5, 5.41) is 2.74. The molecule has 1 N–H and O–H groups in total. The smallest absolute Gasteiger partial charge is 0.0465 e. The van der Waals surface area contributed by atoms with Crippen molar-refractivity contribution in [3.63, 3.8) is 0 Å². The highest BCUT2D eigenvalue weighted by Crippen LogP contribution is 2.27. The van der Waals surface area contributed by atoms with Gasteiger partial charge in [-0.2, -0.15) is 0 Å². The zero-order chi connectivity index (χ0) is 15.4. The molecule has 0 aliphatic carbocycles. The lowest BCUT2D eigenvalue weighted by Crippen LogP contribution is -1.86. The molecule has 0 aliphatic rings. The van der Waals surface area contributed by atoms with Crippen LogP contribution in [-0.2, 0) is 6.42 Å². The minimum atomic E-state index is 1.21. The van der Waals surface area contributed by atoms with Crippen molar-refractivity contribution in [2.75, 3.05) is 0 Å². The third kappa shape index (κ3) is 3.35. The molecular weight excluding hydrogens is 266 g/mol. The van der Waals surface area contributed by atoms with Crippen LogP contribution in [0, 0.1) is 6.92 Å². The van der Waals surface area contributed by atoms with E-state index in [0.29, 0.717) is 0 Å². The van der Waals surface area contributed by atoms with Crippen molar-refractivity contribution in [3.05, 3.63) is 47.5 Å². The molecule has 0 amide bonds. The number of unbranched alkanes of at least 4 members (excludes halogenated alkanes) is 5. The Kier molecular flexibility index (Phi) is 4.82. The van der Waals surface area contributed by atoms with Crippen LogP contribution in [0.25, 0.3) is 21.8 Å². The van der Waals surface area contributed by atoms with Crippen LogP contribution in [0.3, 0.4) is 0 Å². The molecule has 0 bridgehead atoms. The SMILES string of the molecule is CCCCCCCCc1ccc2[nH]c3ccc(C)cc3c2c1. The summed E-state index contributed by atoms with van der Waals surface area (Å²) in [6, 6.07) is 13.6. The van der Waals surface area contributed by atoms with Gasteiger partial charge in [-0.1, -0.05) is 56.7 Å². The van der Waals surface area contributed by atoms with Crippen molar-refractivity contribution < 1.29 is 0 Å². The first-order valence-corrected chi connectivity index (χ1v) is 8.79. The molecule has 3 rings (SSSR count). The summed E-state index contributed by atoms with van der Waals surface area (Å²) in [5.74, 6) is 0. The molecule has 0 saturated carbocycles. The molecule has 0 unspecified atom stereocenters. The van der Waals surface area contributed by atoms with E-state index < -0.39 is 0 Å². The van der Waals surface area contributed by atoms with E-state index in [1.165, 1.54) is 77.9 Å². The first-order chi connectivity index (χ1) is 10.8. The summed E-state index contributed by atoms with van der Waals surface area (Å²) in [6.45, 7) is 4.44. The molecule has 116 valence electrons. The summed E-state index contributed by atoms with van der Waals surface area (Å²) in [6.07, 6.45) is 9.40. The van der Waals surface area contributed by atoms with Gasteiger partial charge in [0.2, 0.25) is 0 Å². The van der Waals surface area contributed by atoms with Gasteiger partial charge in [-0.3, -0.25) is 0 Å². The van der Waals surface area contributed by atoms with Crippen LogP contribution in [0.2, 0.25) is 0 Å². The maximum atomic E-state index is 3.52. The molecule has 0 fully saturated rings.